The number of amides is 1. The first-order valence-electron chi connectivity index (χ1n) is 10.7. The van der Waals surface area contributed by atoms with Crippen molar-refractivity contribution in [2.75, 3.05) is 31.4 Å². The molecule has 0 radical (unpaired) electrons. The Morgan fingerprint density at radius 2 is 2.12 bits per heavy atom. The molecular weight excluding hydrogens is 435 g/mol. The molecule has 0 N–H and O–H groups in total. The van der Waals surface area contributed by atoms with Crippen molar-refractivity contribution in [2.24, 2.45) is 0 Å². The summed E-state index contributed by atoms with van der Waals surface area (Å²) in [5.74, 6) is 0.696. The summed E-state index contributed by atoms with van der Waals surface area (Å²) in [5, 5.41) is 0. The van der Waals surface area contributed by atoms with E-state index in [0.717, 1.165) is 12.0 Å². The van der Waals surface area contributed by atoms with E-state index in [1.807, 2.05) is 6.92 Å². The van der Waals surface area contributed by atoms with Crippen LogP contribution in [0.15, 0.2) is 29.4 Å². The molecule has 1 amide bonds. The van der Waals surface area contributed by atoms with Gasteiger partial charge in [0, 0.05) is 53.9 Å². The number of aromatic nitrogens is 2. The summed E-state index contributed by atoms with van der Waals surface area (Å²) in [6.07, 6.45) is 5.37. The van der Waals surface area contributed by atoms with Gasteiger partial charge < -0.3 is 19.3 Å². The minimum Gasteiger partial charge on any atom is -0.474 e. The van der Waals surface area contributed by atoms with Gasteiger partial charge in [0.2, 0.25) is 5.88 Å². The Hall–Kier alpha value is -2.75. The minimum absolute atomic E-state index is 0.0457. The molecule has 2 aromatic rings. The molecule has 1 fully saturated rings. The Morgan fingerprint density at radius 1 is 1.31 bits per heavy atom. The SMILES string of the molecule is CCC1CC(Oc2ncnc3c2CCN3c2ccc([S@@](C)=O)cc2F)CCN1C(=O)OC. The first-order chi connectivity index (χ1) is 15.4. The number of benzene rings is 1. The molecule has 8 nitrogen and oxygen atoms in total. The number of halogens is 1. The molecule has 1 saturated heterocycles. The number of hydrogen-bond acceptors (Lipinski definition) is 7. The highest BCUT2D eigenvalue weighted by Gasteiger charge is 2.34. The second-order valence-electron chi connectivity index (χ2n) is 7.94. The molecule has 1 aromatic heterocycles. The van der Waals surface area contributed by atoms with Gasteiger partial charge in [-0.15, -0.1) is 0 Å². The molecule has 0 saturated carbocycles. The third-order valence-corrected chi connectivity index (χ3v) is 7.01. The van der Waals surface area contributed by atoms with Gasteiger partial charge in [-0.1, -0.05) is 6.92 Å². The molecule has 2 unspecified atom stereocenters. The van der Waals surface area contributed by atoms with Crippen LogP contribution >= 0.6 is 0 Å². The molecule has 10 heteroatoms. The Bertz CT molecular complexity index is 1040. The molecular formula is C22H27FN4O4S. The van der Waals surface area contributed by atoms with E-state index in [9.17, 15) is 13.4 Å². The summed E-state index contributed by atoms with van der Waals surface area (Å²) >= 11 is 0. The lowest BCUT2D eigenvalue weighted by Gasteiger charge is -2.38. The smallest absolute Gasteiger partial charge is 0.409 e. The highest BCUT2D eigenvalue weighted by Crippen LogP contribution is 2.39. The van der Waals surface area contributed by atoms with E-state index in [0.29, 0.717) is 54.6 Å². The number of ether oxygens (including phenoxy) is 2. The van der Waals surface area contributed by atoms with Crippen molar-refractivity contribution in [2.45, 2.75) is 49.6 Å². The number of carbonyl (C=O) groups is 1. The van der Waals surface area contributed by atoms with Gasteiger partial charge in [0.1, 0.15) is 24.1 Å². The molecule has 1 aromatic carbocycles. The largest absolute Gasteiger partial charge is 0.474 e. The first kappa shape index (κ1) is 22.4. The fourth-order valence-corrected chi connectivity index (χ4v) is 4.94. The average Bonchev–Trinajstić information content (AvgIpc) is 3.23. The zero-order valence-corrected chi connectivity index (χ0v) is 19.2. The van der Waals surface area contributed by atoms with Crippen molar-refractivity contribution in [1.82, 2.24) is 14.9 Å². The highest BCUT2D eigenvalue weighted by molar-refractivity contribution is 7.84. The van der Waals surface area contributed by atoms with Crippen LogP contribution < -0.4 is 9.64 Å². The van der Waals surface area contributed by atoms with Crippen molar-refractivity contribution >= 4 is 28.4 Å². The lowest BCUT2D eigenvalue weighted by atomic mass is 9.98. The van der Waals surface area contributed by atoms with Crippen LogP contribution in [0.5, 0.6) is 5.88 Å². The predicted molar refractivity (Wildman–Crippen MR) is 118 cm³/mol. The lowest BCUT2D eigenvalue weighted by Crippen LogP contribution is -2.48. The van der Waals surface area contributed by atoms with E-state index in [1.165, 1.54) is 25.8 Å². The lowest BCUT2D eigenvalue weighted by molar-refractivity contribution is 0.0431. The summed E-state index contributed by atoms with van der Waals surface area (Å²) in [6, 6.07) is 4.66. The topological polar surface area (TPSA) is 84.9 Å². The second kappa shape index (κ2) is 9.40. The number of nitrogens with zero attached hydrogens (tertiary/aromatic N) is 4. The zero-order valence-electron chi connectivity index (χ0n) is 18.4. The molecule has 2 aliphatic heterocycles. The van der Waals surface area contributed by atoms with E-state index >= 15 is 0 Å². The molecule has 2 aliphatic rings. The standard InChI is InChI=1S/C22H27FN4O4S/c1-4-14-11-15(7-9-26(14)22(28)30-2)31-21-17-8-10-27(20(17)24-13-25-21)19-6-5-16(32(3)29)12-18(19)23/h5-6,12-15H,4,7-11H2,1-3H3/t14?,15?,32-/m1/s1. The van der Waals surface area contributed by atoms with Crippen LogP contribution in [-0.2, 0) is 22.0 Å². The van der Waals surface area contributed by atoms with Gasteiger partial charge in [0.25, 0.3) is 0 Å². The van der Waals surface area contributed by atoms with E-state index in [1.54, 1.807) is 21.9 Å². The number of piperidine rings is 1. The Balaban J connectivity index is 1.53. The fourth-order valence-electron chi connectivity index (χ4n) is 4.41. The summed E-state index contributed by atoms with van der Waals surface area (Å²) in [4.78, 5) is 24.7. The van der Waals surface area contributed by atoms with Gasteiger partial charge >= 0.3 is 6.09 Å². The van der Waals surface area contributed by atoms with Crippen molar-refractivity contribution in [1.29, 1.82) is 0 Å². The number of methoxy groups -OCH3 is 1. The molecule has 0 aliphatic carbocycles. The van der Waals surface area contributed by atoms with Gasteiger partial charge in [-0.25, -0.2) is 19.2 Å². The van der Waals surface area contributed by atoms with Crippen LogP contribution in [0, 0.1) is 5.82 Å². The van der Waals surface area contributed by atoms with Crippen molar-refractivity contribution < 1.29 is 22.9 Å². The van der Waals surface area contributed by atoms with E-state index < -0.39 is 16.6 Å². The number of fused-ring (bicyclic) bond motifs is 1. The van der Waals surface area contributed by atoms with Crippen LogP contribution in [0.2, 0.25) is 0 Å². The van der Waals surface area contributed by atoms with E-state index in [-0.39, 0.29) is 18.2 Å². The minimum atomic E-state index is -1.25. The maximum Gasteiger partial charge on any atom is 0.409 e. The third kappa shape index (κ3) is 4.28. The van der Waals surface area contributed by atoms with Gasteiger partial charge in [-0.05, 0) is 31.0 Å². The summed E-state index contributed by atoms with van der Waals surface area (Å²) < 4.78 is 37.6. The van der Waals surface area contributed by atoms with Crippen LogP contribution in [0.3, 0.4) is 0 Å². The molecule has 0 spiro atoms. The van der Waals surface area contributed by atoms with Crippen LogP contribution in [-0.4, -0.2) is 63.8 Å². The number of anilines is 2. The number of likely N-dealkylation sites (tertiary alicyclic amines) is 1. The van der Waals surface area contributed by atoms with Gasteiger partial charge in [0.15, 0.2) is 0 Å². The van der Waals surface area contributed by atoms with Crippen LogP contribution in [0.25, 0.3) is 0 Å². The zero-order chi connectivity index (χ0) is 22.8. The van der Waals surface area contributed by atoms with Crippen molar-refractivity contribution in [3.05, 3.63) is 35.9 Å². The molecule has 0 bridgehead atoms. The van der Waals surface area contributed by atoms with Gasteiger partial charge in [0.05, 0.1) is 18.4 Å². The van der Waals surface area contributed by atoms with Gasteiger partial charge in [-0.2, -0.15) is 0 Å². The Labute approximate surface area is 189 Å². The molecule has 4 rings (SSSR count). The first-order valence-corrected chi connectivity index (χ1v) is 12.2. The second-order valence-corrected chi connectivity index (χ2v) is 9.32. The molecule has 3 heterocycles. The maximum atomic E-state index is 14.7. The van der Waals surface area contributed by atoms with Gasteiger partial charge in [-0.3, -0.25) is 4.21 Å². The third-order valence-electron chi connectivity index (χ3n) is 6.09. The quantitative estimate of drug-likeness (QED) is 0.673. The summed E-state index contributed by atoms with van der Waals surface area (Å²) in [5.41, 5.74) is 1.23. The average molecular weight is 463 g/mol. The Morgan fingerprint density at radius 3 is 2.81 bits per heavy atom. The number of hydrogen-bond donors (Lipinski definition) is 0. The molecule has 32 heavy (non-hydrogen) atoms. The number of rotatable bonds is 5. The number of carbonyl (C=O) groups excluding carboxylic acids is 1. The van der Waals surface area contributed by atoms with E-state index in [4.69, 9.17) is 9.47 Å². The summed E-state index contributed by atoms with van der Waals surface area (Å²) in [6.45, 7) is 3.15. The van der Waals surface area contributed by atoms with Crippen LogP contribution in [0.4, 0.5) is 20.7 Å². The van der Waals surface area contributed by atoms with Crippen molar-refractivity contribution in [3.63, 3.8) is 0 Å². The molecule has 172 valence electrons. The monoisotopic (exact) mass is 462 g/mol. The van der Waals surface area contributed by atoms with Crippen molar-refractivity contribution in [3.8, 4) is 5.88 Å². The fraction of sp³-hybridized carbons (Fsp3) is 0.500. The molecule has 3 atom stereocenters. The van der Waals surface area contributed by atoms with E-state index in [2.05, 4.69) is 9.97 Å². The predicted octanol–water partition coefficient (Wildman–Crippen LogP) is 3.44. The maximum absolute atomic E-state index is 14.7. The summed E-state index contributed by atoms with van der Waals surface area (Å²) in [7, 11) is 0.145. The highest BCUT2D eigenvalue weighted by atomic mass is 32.2. The Kier molecular flexibility index (Phi) is 6.59. The normalized spacial score (nSPS) is 21.2. The van der Waals surface area contributed by atoms with Crippen LogP contribution in [0.1, 0.15) is 31.7 Å².